The normalized spacial score (nSPS) is 17.8. The largest absolute Gasteiger partial charge is 0.339 e. The van der Waals surface area contributed by atoms with E-state index >= 15 is 0 Å². The van der Waals surface area contributed by atoms with Gasteiger partial charge in [0.1, 0.15) is 5.82 Å². The Bertz CT molecular complexity index is 716. The Hall–Kier alpha value is -2.48. The fraction of sp³-hybridized carbons (Fsp3) is 0.471. The lowest BCUT2D eigenvalue weighted by atomic mass is 10.2. The molecule has 0 spiro atoms. The van der Waals surface area contributed by atoms with Crippen LogP contribution >= 0.6 is 0 Å². The summed E-state index contributed by atoms with van der Waals surface area (Å²) < 4.78 is 18.1. The Morgan fingerprint density at radius 3 is 2.84 bits per heavy atom. The van der Waals surface area contributed by atoms with Crippen molar-refractivity contribution in [1.82, 2.24) is 20.4 Å². The number of amides is 2. The Labute approximate surface area is 145 Å². The van der Waals surface area contributed by atoms with Crippen LogP contribution in [0.25, 0.3) is 0 Å². The molecule has 2 amide bonds. The molecule has 0 bridgehead atoms. The number of hydrogen-bond acceptors (Lipinski definition) is 5. The minimum atomic E-state index is -0.334. The summed E-state index contributed by atoms with van der Waals surface area (Å²) in [6.07, 6.45) is 0.853. The predicted octanol–water partition coefficient (Wildman–Crippen LogP) is 2.73. The molecule has 2 N–H and O–H groups in total. The Morgan fingerprint density at radius 1 is 1.40 bits per heavy atom. The molecule has 1 unspecified atom stereocenters. The van der Waals surface area contributed by atoms with Crippen LogP contribution in [0.15, 0.2) is 28.8 Å². The maximum atomic E-state index is 12.9. The van der Waals surface area contributed by atoms with Gasteiger partial charge in [-0.05, 0) is 30.7 Å². The minimum Gasteiger partial charge on any atom is -0.339 e. The molecule has 2 heterocycles. The molecule has 0 saturated carbocycles. The van der Waals surface area contributed by atoms with Gasteiger partial charge in [-0.15, -0.1) is 0 Å². The monoisotopic (exact) mass is 347 g/mol. The summed E-state index contributed by atoms with van der Waals surface area (Å²) in [4.78, 5) is 18.6. The third-order valence-electron chi connectivity index (χ3n) is 4.05. The average Bonchev–Trinajstić information content (AvgIpc) is 3.20. The third-order valence-corrected chi connectivity index (χ3v) is 4.05. The van der Waals surface area contributed by atoms with Crippen molar-refractivity contribution in [2.45, 2.75) is 38.8 Å². The third kappa shape index (κ3) is 4.76. The average molecular weight is 347 g/mol. The summed E-state index contributed by atoms with van der Waals surface area (Å²) in [7, 11) is 0. The highest BCUT2D eigenvalue weighted by Crippen LogP contribution is 2.15. The Kier molecular flexibility index (Phi) is 5.28. The maximum absolute atomic E-state index is 12.9. The Morgan fingerprint density at radius 2 is 2.16 bits per heavy atom. The molecule has 1 aliphatic heterocycles. The predicted molar refractivity (Wildman–Crippen MR) is 90.6 cm³/mol. The number of halogens is 1. The van der Waals surface area contributed by atoms with Gasteiger partial charge in [0.25, 0.3) is 0 Å². The number of benzene rings is 1. The van der Waals surface area contributed by atoms with Crippen molar-refractivity contribution in [2.24, 2.45) is 0 Å². The van der Waals surface area contributed by atoms with Gasteiger partial charge in [0, 0.05) is 30.7 Å². The zero-order valence-electron chi connectivity index (χ0n) is 14.3. The lowest BCUT2D eigenvalue weighted by molar-refractivity contribution is 0.247. The van der Waals surface area contributed by atoms with Gasteiger partial charge in [0.15, 0.2) is 5.82 Å². The van der Waals surface area contributed by atoms with Gasteiger partial charge in [-0.2, -0.15) is 4.98 Å². The second-order valence-electron chi connectivity index (χ2n) is 6.53. The molecule has 1 aromatic heterocycles. The van der Waals surface area contributed by atoms with E-state index < -0.39 is 0 Å². The molecule has 8 heteroatoms. The molecule has 1 aromatic carbocycles. The first-order valence-electron chi connectivity index (χ1n) is 8.37. The molecule has 1 atom stereocenters. The number of anilines is 1. The first kappa shape index (κ1) is 17.3. The highest BCUT2D eigenvalue weighted by molar-refractivity contribution is 5.89. The standard InChI is InChI=1S/C17H22FN5O2/c1-11(2)16-21-15(22-25-16)10-23-8-7-14(9-23)20-17(24)19-13-5-3-12(18)4-6-13/h3-6,11,14H,7-10H2,1-2H3,(H2,19,20,24). The van der Waals surface area contributed by atoms with Crippen LogP contribution in [0.4, 0.5) is 14.9 Å². The van der Waals surface area contributed by atoms with Crippen molar-refractivity contribution >= 4 is 11.7 Å². The minimum absolute atomic E-state index is 0.0527. The van der Waals surface area contributed by atoms with E-state index in [9.17, 15) is 9.18 Å². The summed E-state index contributed by atoms with van der Waals surface area (Å²) in [5.74, 6) is 1.19. The molecule has 3 rings (SSSR count). The number of rotatable bonds is 5. The summed E-state index contributed by atoms with van der Waals surface area (Å²) in [6, 6.07) is 5.43. The number of hydrogen-bond donors (Lipinski definition) is 2. The summed E-state index contributed by atoms with van der Waals surface area (Å²) in [5, 5.41) is 9.62. The van der Waals surface area contributed by atoms with Crippen LogP contribution in [0, 0.1) is 5.82 Å². The first-order chi connectivity index (χ1) is 12.0. The fourth-order valence-electron chi connectivity index (χ4n) is 2.75. The molecule has 25 heavy (non-hydrogen) atoms. The number of carbonyl (C=O) groups is 1. The van der Waals surface area contributed by atoms with Crippen molar-refractivity contribution in [2.75, 3.05) is 18.4 Å². The van der Waals surface area contributed by atoms with E-state index in [0.717, 1.165) is 19.5 Å². The van der Waals surface area contributed by atoms with Gasteiger partial charge in [-0.25, -0.2) is 9.18 Å². The van der Waals surface area contributed by atoms with Crippen LogP contribution in [-0.4, -0.2) is 40.2 Å². The van der Waals surface area contributed by atoms with E-state index in [0.29, 0.717) is 23.9 Å². The summed E-state index contributed by atoms with van der Waals surface area (Å²) >= 11 is 0. The van der Waals surface area contributed by atoms with E-state index in [4.69, 9.17) is 4.52 Å². The van der Waals surface area contributed by atoms with Crippen molar-refractivity contribution in [3.05, 3.63) is 41.8 Å². The number of carbonyl (C=O) groups excluding carboxylic acids is 1. The van der Waals surface area contributed by atoms with Gasteiger partial charge in [-0.1, -0.05) is 19.0 Å². The molecular formula is C17H22FN5O2. The van der Waals surface area contributed by atoms with Crippen LogP contribution in [0.3, 0.4) is 0 Å². The van der Waals surface area contributed by atoms with Crippen LogP contribution in [-0.2, 0) is 6.54 Å². The number of nitrogens with zero attached hydrogens (tertiary/aromatic N) is 3. The lowest BCUT2D eigenvalue weighted by Crippen LogP contribution is -2.39. The van der Waals surface area contributed by atoms with E-state index in [1.165, 1.54) is 24.3 Å². The molecule has 134 valence electrons. The van der Waals surface area contributed by atoms with Crippen LogP contribution in [0.2, 0.25) is 0 Å². The molecule has 2 aromatic rings. The number of nitrogens with one attached hydrogen (secondary N) is 2. The van der Waals surface area contributed by atoms with Crippen LogP contribution in [0.5, 0.6) is 0 Å². The molecule has 1 fully saturated rings. The van der Waals surface area contributed by atoms with Crippen molar-refractivity contribution in [1.29, 1.82) is 0 Å². The lowest BCUT2D eigenvalue weighted by Gasteiger charge is -2.15. The smallest absolute Gasteiger partial charge is 0.319 e. The van der Waals surface area contributed by atoms with Gasteiger partial charge in [0.2, 0.25) is 5.89 Å². The summed E-state index contributed by atoms with van der Waals surface area (Å²) in [5.41, 5.74) is 0.557. The number of aromatic nitrogens is 2. The van der Waals surface area contributed by atoms with E-state index in [-0.39, 0.29) is 23.8 Å². The maximum Gasteiger partial charge on any atom is 0.319 e. The number of urea groups is 1. The van der Waals surface area contributed by atoms with Gasteiger partial charge >= 0.3 is 6.03 Å². The molecule has 1 aliphatic rings. The number of likely N-dealkylation sites (tertiary alicyclic amines) is 1. The highest BCUT2D eigenvalue weighted by atomic mass is 19.1. The molecule has 0 aliphatic carbocycles. The van der Waals surface area contributed by atoms with E-state index in [1.807, 2.05) is 13.8 Å². The van der Waals surface area contributed by atoms with Gasteiger partial charge < -0.3 is 15.2 Å². The van der Waals surface area contributed by atoms with E-state index in [2.05, 4.69) is 25.7 Å². The van der Waals surface area contributed by atoms with Gasteiger partial charge in [0.05, 0.1) is 6.54 Å². The van der Waals surface area contributed by atoms with Gasteiger partial charge in [-0.3, -0.25) is 4.90 Å². The second-order valence-corrected chi connectivity index (χ2v) is 6.53. The summed E-state index contributed by atoms with van der Waals surface area (Å²) in [6.45, 7) is 6.20. The molecule has 1 saturated heterocycles. The SMILES string of the molecule is CC(C)c1nc(CN2CCC(NC(=O)Nc3ccc(F)cc3)C2)no1. The highest BCUT2D eigenvalue weighted by Gasteiger charge is 2.25. The zero-order valence-corrected chi connectivity index (χ0v) is 14.3. The fourth-order valence-corrected chi connectivity index (χ4v) is 2.75. The van der Waals surface area contributed by atoms with Crippen molar-refractivity contribution in [3.8, 4) is 0 Å². The van der Waals surface area contributed by atoms with Crippen LogP contribution < -0.4 is 10.6 Å². The Balaban J connectivity index is 1.45. The zero-order chi connectivity index (χ0) is 17.8. The molecule has 7 nitrogen and oxygen atoms in total. The van der Waals surface area contributed by atoms with Crippen molar-refractivity contribution < 1.29 is 13.7 Å². The second kappa shape index (κ2) is 7.60. The molecular weight excluding hydrogens is 325 g/mol. The van der Waals surface area contributed by atoms with E-state index in [1.54, 1.807) is 0 Å². The topological polar surface area (TPSA) is 83.3 Å². The molecule has 0 radical (unpaired) electrons. The van der Waals surface area contributed by atoms with Crippen molar-refractivity contribution in [3.63, 3.8) is 0 Å². The van der Waals surface area contributed by atoms with Crippen LogP contribution in [0.1, 0.15) is 37.9 Å². The first-order valence-corrected chi connectivity index (χ1v) is 8.37. The quantitative estimate of drug-likeness (QED) is 0.869.